The Bertz CT molecular complexity index is 498. The Hall–Kier alpha value is -1.32. The van der Waals surface area contributed by atoms with Gasteiger partial charge in [0.15, 0.2) is 5.03 Å². The molecule has 0 aromatic carbocycles. The van der Waals surface area contributed by atoms with Crippen molar-refractivity contribution >= 4 is 20.0 Å². The van der Waals surface area contributed by atoms with Gasteiger partial charge >= 0.3 is 31.1 Å². The van der Waals surface area contributed by atoms with Crippen molar-refractivity contribution in [3.05, 3.63) is 10.1 Å². The van der Waals surface area contributed by atoms with Crippen molar-refractivity contribution in [2.75, 3.05) is 0 Å². The third kappa shape index (κ3) is 2.57. The number of alkyl halides is 6. The molecule has 0 atom stereocenters. The molecule has 8 nitrogen and oxygen atoms in total. The first-order chi connectivity index (χ1) is 7.57. The van der Waals surface area contributed by atoms with E-state index in [1.54, 1.807) is 0 Å². The number of hydrogen-bond acceptors (Lipinski definition) is 6. The van der Waals surface area contributed by atoms with Gasteiger partial charge in [-0.2, -0.15) is 43.2 Å². The number of hydrogen-bond donors (Lipinski definition) is 0. The largest absolute Gasteiger partial charge is 0.522 e. The zero-order valence-electron chi connectivity index (χ0n) is 7.43. The lowest BCUT2D eigenvalue weighted by Crippen LogP contribution is -2.51. The molecule has 0 bridgehead atoms. The molecule has 108 valence electrons. The molecule has 0 aromatic rings. The van der Waals surface area contributed by atoms with Crippen LogP contribution < -0.4 is 0 Å². The van der Waals surface area contributed by atoms with E-state index in [1.807, 2.05) is 0 Å². The smallest absolute Gasteiger partial charge is 0.233 e. The van der Waals surface area contributed by atoms with Gasteiger partial charge in [0.25, 0.3) is 0 Å². The van der Waals surface area contributed by atoms with Crippen LogP contribution in [0.4, 0.5) is 26.3 Å². The average molecular weight is 326 g/mol. The van der Waals surface area contributed by atoms with E-state index in [1.165, 1.54) is 0 Å². The second-order valence-corrected chi connectivity index (χ2v) is 6.07. The van der Waals surface area contributed by atoms with Crippen LogP contribution in [0.3, 0.4) is 0 Å². The highest BCUT2D eigenvalue weighted by Crippen LogP contribution is 2.34. The lowest BCUT2D eigenvalue weighted by atomic mass is 11.6. The Kier molecular flexibility index (Phi) is 3.81. The first-order valence-electron chi connectivity index (χ1n) is 3.14. The van der Waals surface area contributed by atoms with E-state index in [4.69, 9.17) is 0 Å². The van der Waals surface area contributed by atoms with Gasteiger partial charge in [-0.1, -0.05) is 0 Å². The standard InChI is InChI=1S/C2F6N2O6S2/c3-1(4,5)17(13,14)10(9(11)12)18(15,16)2(6,7)8. The number of nitrogens with zero attached hydrogens (tertiary/aromatic N) is 2. The summed E-state index contributed by atoms with van der Waals surface area (Å²) in [6, 6.07) is 0. The average Bonchev–Trinajstić information content (AvgIpc) is 1.96. The molecule has 0 heterocycles. The van der Waals surface area contributed by atoms with Gasteiger partial charge in [-0.3, -0.25) is 0 Å². The molecular formula is C2F6N2O6S2. The van der Waals surface area contributed by atoms with Gasteiger partial charge < -0.3 is 0 Å². The highest BCUT2D eigenvalue weighted by molar-refractivity contribution is 8.04. The molecule has 0 aliphatic carbocycles. The maximum Gasteiger partial charge on any atom is 0.522 e. The van der Waals surface area contributed by atoms with E-state index in [9.17, 15) is 53.3 Å². The molecule has 0 spiro atoms. The predicted molar refractivity (Wildman–Crippen MR) is 38.8 cm³/mol. The Morgan fingerprint density at radius 3 is 1.17 bits per heavy atom. The van der Waals surface area contributed by atoms with E-state index in [0.29, 0.717) is 0 Å². The fourth-order valence-corrected chi connectivity index (χ4v) is 2.73. The molecule has 0 rings (SSSR count). The Labute approximate surface area is 94.0 Å². The summed E-state index contributed by atoms with van der Waals surface area (Å²) in [4.78, 5) is 9.86. The minimum Gasteiger partial charge on any atom is -0.233 e. The molecule has 16 heteroatoms. The fourth-order valence-electron chi connectivity index (χ4n) is 0.482. The predicted octanol–water partition coefficient (Wildman–Crippen LogP) is 0.179. The molecule has 0 amide bonds. The van der Waals surface area contributed by atoms with Crippen LogP contribution in [-0.4, -0.2) is 36.7 Å². The van der Waals surface area contributed by atoms with Crippen molar-refractivity contribution in [3.8, 4) is 0 Å². The van der Waals surface area contributed by atoms with E-state index in [0.717, 1.165) is 0 Å². The van der Waals surface area contributed by atoms with Crippen LogP contribution in [0.1, 0.15) is 0 Å². The Balaban J connectivity index is 6.23. The molecule has 0 radical (unpaired) electrons. The fraction of sp³-hybridized carbons (Fsp3) is 1.00. The quantitative estimate of drug-likeness (QED) is 0.415. The molecule has 0 saturated carbocycles. The van der Waals surface area contributed by atoms with Gasteiger partial charge in [-0.25, -0.2) is 10.1 Å². The van der Waals surface area contributed by atoms with Crippen LogP contribution >= 0.6 is 0 Å². The first kappa shape index (κ1) is 16.7. The molecule has 18 heavy (non-hydrogen) atoms. The van der Waals surface area contributed by atoms with Crippen molar-refractivity contribution in [1.29, 1.82) is 0 Å². The van der Waals surface area contributed by atoms with Crippen molar-refractivity contribution < 1.29 is 48.2 Å². The molecule has 0 saturated heterocycles. The van der Waals surface area contributed by atoms with Crippen molar-refractivity contribution in [1.82, 2.24) is 3.82 Å². The molecular weight excluding hydrogens is 326 g/mol. The van der Waals surface area contributed by atoms with Crippen LogP contribution in [0, 0.1) is 10.1 Å². The number of halogens is 6. The first-order valence-corrected chi connectivity index (χ1v) is 6.02. The highest BCUT2D eigenvalue weighted by Gasteiger charge is 2.67. The lowest BCUT2D eigenvalue weighted by Gasteiger charge is -2.16. The van der Waals surface area contributed by atoms with E-state index in [-0.39, 0.29) is 0 Å². The summed E-state index contributed by atoms with van der Waals surface area (Å²) in [5.41, 5.74) is -13.2. The van der Waals surface area contributed by atoms with Crippen LogP contribution in [-0.2, 0) is 20.0 Å². The second-order valence-electron chi connectivity index (χ2n) is 2.32. The van der Waals surface area contributed by atoms with E-state index in [2.05, 4.69) is 0 Å². The minimum absolute atomic E-state index is 2.86. The number of nitro groups is 1. The number of sulfonamides is 2. The molecule has 0 aromatic heterocycles. The van der Waals surface area contributed by atoms with Gasteiger partial charge in [0.2, 0.25) is 0 Å². The second kappa shape index (κ2) is 4.11. The van der Waals surface area contributed by atoms with Crippen LogP contribution in [0.2, 0.25) is 0 Å². The normalized spacial score (nSPS) is 14.3. The SMILES string of the molecule is O=[N+]([O-])N(S(=O)(=O)C(F)(F)F)S(=O)(=O)C(F)(F)F. The molecule has 0 N–H and O–H groups in total. The summed E-state index contributed by atoms with van der Waals surface area (Å²) in [5.74, 6) is 0. The minimum atomic E-state index is -7.35. The zero-order chi connectivity index (χ0) is 15.2. The van der Waals surface area contributed by atoms with Gasteiger partial charge in [0.05, 0.1) is 0 Å². The van der Waals surface area contributed by atoms with Crippen LogP contribution in [0.15, 0.2) is 0 Å². The maximum atomic E-state index is 11.8. The van der Waals surface area contributed by atoms with Gasteiger partial charge in [-0.05, 0) is 0 Å². The highest BCUT2D eigenvalue weighted by atomic mass is 32.3. The van der Waals surface area contributed by atoms with Gasteiger partial charge in [0.1, 0.15) is 3.82 Å². The van der Waals surface area contributed by atoms with Crippen LogP contribution in [0.25, 0.3) is 0 Å². The van der Waals surface area contributed by atoms with Gasteiger partial charge in [0, 0.05) is 0 Å². The third-order valence-corrected chi connectivity index (χ3v) is 4.57. The summed E-state index contributed by atoms with van der Waals surface area (Å²) < 4.78 is 109. The lowest BCUT2D eigenvalue weighted by molar-refractivity contribution is -0.589. The van der Waals surface area contributed by atoms with Crippen molar-refractivity contribution in [2.24, 2.45) is 0 Å². The van der Waals surface area contributed by atoms with E-state index >= 15 is 0 Å². The molecule has 0 fully saturated rings. The third-order valence-electron chi connectivity index (χ3n) is 1.13. The Morgan fingerprint density at radius 1 is 0.833 bits per heavy atom. The summed E-state index contributed by atoms with van der Waals surface area (Å²) in [5, 5.41) is 7.00. The van der Waals surface area contributed by atoms with Gasteiger partial charge in [-0.15, -0.1) is 0 Å². The topological polar surface area (TPSA) is 115 Å². The number of hydrazine groups is 1. The summed E-state index contributed by atoms with van der Waals surface area (Å²) >= 11 is 0. The van der Waals surface area contributed by atoms with E-state index < -0.39 is 39.9 Å². The summed E-state index contributed by atoms with van der Waals surface area (Å²) in [6.07, 6.45) is 0. The molecule has 0 aliphatic rings. The van der Waals surface area contributed by atoms with Crippen molar-refractivity contribution in [2.45, 2.75) is 11.0 Å². The van der Waals surface area contributed by atoms with Crippen LogP contribution in [0.5, 0.6) is 0 Å². The Morgan fingerprint density at radius 2 is 1.06 bits per heavy atom. The zero-order valence-corrected chi connectivity index (χ0v) is 9.06. The maximum absolute atomic E-state index is 11.8. The monoisotopic (exact) mass is 326 g/mol. The summed E-state index contributed by atoms with van der Waals surface area (Å²) in [7, 11) is -14.7. The number of rotatable bonds is 3. The molecule has 0 aliphatic heterocycles. The van der Waals surface area contributed by atoms with Crippen molar-refractivity contribution in [3.63, 3.8) is 0 Å². The summed E-state index contributed by atoms with van der Waals surface area (Å²) in [6.45, 7) is 0. The molecule has 0 unspecified atom stereocenters.